The highest BCUT2D eigenvalue weighted by molar-refractivity contribution is 6.48. The molecule has 31 heavy (non-hydrogen) atoms. The molecule has 1 aromatic rings. The molecule has 1 saturated heterocycles. The zero-order valence-corrected chi connectivity index (χ0v) is 19.5. The van der Waals surface area contributed by atoms with Gasteiger partial charge in [-0.1, -0.05) is 23.7 Å². The molecule has 2 unspecified atom stereocenters. The molecule has 2 rings (SSSR count). The van der Waals surface area contributed by atoms with Gasteiger partial charge in [0.1, 0.15) is 6.04 Å². The summed E-state index contributed by atoms with van der Waals surface area (Å²) in [5.41, 5.74) is -0.0196. The third kappa shape index (κ3) is 7.10. The number of aryl methyl sites for hydroxylation is 1. The van der Waals surface area contributed by atoms with Crippen LogP contribution < -0.4 is 10.6 Å². The van der Waals surface area contributed by atoms with Crippen molar-refractivity contribution < 1.29 is 28.7 Å². The maximum absolute atomic E-state index is 12.8. The number of carbonyl (C=O) groups excluding carboxylic acids is 1. The van der Waals surface area contributed by atoms with Crippen LogP contribution in [0.1, 0.15) is 46.1 Å². The Balaban J connectivity index is 2.11. The number of rotatable bonds is 10. The van der Waals surface area contributed by atoms with Gasteiger partial charge in [0, 0.05) is 12.1 Å². The molecule has 3 N–H and O–H groups in total. The third-order valence-corrected chi connectivity index (χ3v) is 5.98. The van der Waals surface area contributed by atoms with Crippen LogP contribution in [-0.4, -0.2) is 61.1 Å². The summed E-state index contributed by atoms with van der Waals surface area (Å²) in [6.07, 6.45) is 0.783. The van der Waals surface area contributed by atoms with Gasteiger partial charge in [-0.25, -0.2) is 4.79 Å². The highest BCUT2D eigenvalue weighted by atomic mass is 35.5. The molecule has 0 aliphatic carbocycles. The van der Waals surface area contributed by atoms with Crippen LogP contribution >= 0.6 is 11.6 Å². The minimum Gasteiger partial charge on any atom is -0.465 e. The van der Waals surface area contributed by atoms with Crippen LogP contribution in [0.15, 0.2) is 24.3 Å². The van der Waals surface area contributed by atoms with Crippen LogP contribution in [0.2, 0.25) is 5.02 Å². The molecule has 10 heteroatoms. The van der Waals surface area contributed by atoms with E-state index in [9.17, 15) is 9.59 Å². The fourth-order valence-electron chi connectivity index (χ4n) is 3.33. The lowest BCUT2D eigenvalue weighted by Crippen LogP contribution is -2.55. The van der Waals surface area contributed by atoms with Gasteiger partial charge in [0.15, 0.2) is 0 Å². The first-order valence-electron chi connectivity index (χ1n) is 10.3. The normalized spacial score (nSPS) is 19.0. The highest BCUT2D eigenvalue weighted by Gasteiger charge is 2.54. The second kappa shape index (κ2) is 10.7. The molecular weight excluding hydrogens is 423 g/mol. The number of benzene rings is 1. The summed E-state index contributed by atoms with van der Waals surface area (Å²) in [5, 5.41) is 14.8. The first kappa shape index (κ1) is 25.5. The molecule has 0 saturated carbocycles. The van der Waals surface area contributed by atoms with E-state index in [1.807, 2.05) is 52.0 Å². The standard InChI is InChI=1S/C21H32BClN2O6/c1-20(2)21(3,4)31-22(30-20)17(11-7-9-14-8-6-10-15(23)12-14)25-18(26)16(13-29-5)24-19(27)28/h6,8,10,12,16-17,24H,7,9,11,13H2,1-5H3,(H,25,26)(H,27,28). The molecule has 8 nitrogen and oxygen atoms in total. The SMILES string of the molecule is COCC(NC(=O)O)C(=O)NC(CCCc1cccc(Cl)c1)B1OC(C)(C)C(C)(C)O1. The summed E-state index contributed by atoms with van der Waals surface area (Å²) < 4.78 is 17.3. The number of methoxy groups -OCH3 is 1. The Kier molecular flexibility index (Phi) is 8.77. The minimum absolute atomic E-state index is 0.0866. The molecule has 1 aliphatic rings. The van der Waals surface area contributed by atoms with Crippen molar-refractivity contribution in [3.63, 3.8) is 0 Å². The lowest BCUT2D eigenvalue weighted by molar-refractivity contribution is -0.124. The highest BCUT2D eigenvalue weighted by Crippen LogP contribution is 2.38. The van der Waals surface area contributed by atoms with Crippen LogP contribution in [-0.2, 0) is 25.3 Å². The van der Waals surface area contributed by atoms with E-state index in [0.717, 1.165) is 18.4 Å². The van der Waals surface area contributed by atoms with Crippen molar-refractivity contribution in [2.75, 3.05) is 13.7 Å². The maximum atomic E-state index is 12.8. The van der Waals surface area contributed by atoms with E-state index in [4.69, 9.17) is 30.8 Å². The second-order valence-corrected chi connectivity index (χ2v) is 9.16. The lowest BCUT2D eigenvalue weighted by atomic mass is 9.75. The number of amides is 2. The summed E-state index contributed by atoms with van der Waals surface area (Å²) in [5.74, 6) is -0.964. The Morgan fingerprint density at radius 1 is 1.19 bits per heavy atom. The van der Waals surface area contributed by atoms with Crippen LogP contribution in [0.25, 0.3) is 0 Å². The number of hydrogen-bond acceptors (Lipinski definition) is 5. The molecule has 172 valence electrons. The lowest BCUT2D eigenvalue weighted by Gasteiger charge is -2.32. The van der Waals surface area contributed by atoms with Crippen molar-refractivity contribution in [3.05, 3.63) is 34.9 Å². The molecule has 2 amide bonds. The van der Waals surface area contributed by atoms with Gasteiger partial charge < -0.3 is 29.8 Å². The average Bonchev–Trinajstić information content (AvgIpc) is 2.87. The van der Waals surface area contributed by atoms with E-state index < -0.39 is 42.3 Å². The second-order valence-electron chi connectivity index (χ2n) is 8.72. The maximum Gasteiger partial charge on any atom is 0.481 e. The monoisotopic (exact) mass is 454 g/mol. The van der Waals surface area contributed by atoms with E-state index >= 15 is 0 Å². The summed E-state index contributed by atoms with van der Waals surface area (Å²) in [6, 6.07) is 6.59. The third-order valence-electron chi connectivity index (χ3n) is 5.74. The van der Waals surface area contributed by atoms with Crippen molar-refractivity contribution in [2.45, 2.75) is 70.1 Å². The number of carbonyl (C=O) groups is 2. The van der Waals surface area contributed by atoms with Gasteiger partial charge in [-0.3, -0.25) is 4.79 Å². The van der Waals surface area contributed by atoms with E-state index in [-0.39, 0.29) is 6.61 Å². The first-order valence-corrected chi connectivity index (χ1v) is 10.7. The van der Waals surface area contributed by atoms with E-state index in [1.165, 1.54) is 7.11 Å². The van der Waals surface area contributed by atoms with Crippen molar-refractivity contribution in [3.8, 4) is 0 Å². The van der Waals surface area contributed by atoms with Crippen molar-refractivity contribution in [1.82, 2.24) is 10.6 Å². The van der Waals surface area contributed by atoms with Gasteiger partial charge >= 0.3 is 13.2 Å². The van der Waals surface area contributed by atoms with Crippen LogP contribution in [0.4, 0.5) is 4.79 Å². The minimum atomic E-state index is -1.30. The van der Waals surface area contributed by atoms with Crippen LogP contribution in [0.3, 0.4) is 0 Å². The number of nitrogens with one attached hydrogen (secondary N) is 2. The van der Waals surface area contributed by atoms with Crippen molar-refractivity contribution in [2.24, 2.45) is 0 Å². The van der Waals surface area contributed by atoms with E-state index in [0.29, 0.717) is 11.4 Å². The van der Waals surface area contributed by atoms with E-state index in [2.05, 4.69) is 10.6 Å². The first-order chi connectivity index (χ1) is 14.4. The van der Waals surface area contributed by atoms with E-state index in [1.54, 1.807) is 0 Å². The predicted molar refractivity (Wildman–Crippen MR) is 119 cm³/mol. The zero-order chi connectivity index (χ0) is 23.2. The molecule has 1 aliphatic heterocycles. The van der Waals surface area contributed by atoms with Gasteiger partial charge in [-0.15, -0.1) is 0 Å². The smallest absolute Gasteiger partial charge is 0.465 e. The van der Waals surface area contributed by atoms with Crippen LogP contribution in [0.5, 0.6) is 0 Å². The fraction of sp³-hybridized carbons (Fsp3) is 0.619. The van der Waals surface area contributed by atoms with Gasteiger partial charge in [0.25, 0.3) is 0 Å². The Labute approximate surface area is 189 Å². The Morgan fingerprint density at radius 2 is 1.84 bits per heavy atom. The molecule has 1 aromatic carbocycles. The van der Waals surface area contributed by atoms with Gasteiger partial charge in [-0.2, -0.15) is 0 Å². The molecule has 0 spiro atoms. The number of carboxylic acid groups (broad SMARTS) is 1. The van der Waals surface area contributed by atoms with Crippen LogP contribution in [0, 0.1) is 0 Å². The molecule has 0 bridgehead atoms. The van der Waals surface area contributed by atoms with Crippen molar-refractivity contribution >= 4 is 30.7 Å². The number of ether oxygens (including phenoxy) is 1. The Hall–Kier alpha value is -1.81. The summed E-state index contributed by atoms with van der Waals surface area (Å²) in [4.78, 5) is 23.8. The Morgan fingerprint density at radius 3 is 2.39 bits per heavy atom. The number of hydrogen-bond donors (Lipinski definition) is 3. The molecule has 1 heterocycles. The predicted octanol–water partition coefficient (Wildman–Crippen LogP) is 3.06. The quantitative estimate of drug-likeness (QED) is 0.469. The Bertz CT molecular complexity index is 760. The zero-order valence-electron chi connectivity index (χ0n) is 18.7. The summed E-state index contributed by atoms with van der Waals surface area (Å²) in [7, 11) is 0.738. The van der Waals surface area contributed by atoms with Gasteiger partial charge in [-0.05, 0) is 64.7 Å². The van der Waals surface area contributed by atoms with Crippen molar-refractivity contribution in [1.29, 1.82) is 0 Å². The topological polar surface area (TPSA) is 106 Å². The van der Waals surface area contributed by atoms with Gasteiger partial charge in [0.2, 0.25) is 5.91 Å². The molecule has 0 aromatic heterocycles. The summed E-state index contributed by atoms with van der Waals surface area (Å²) >= 11 is 6.06. The average molecular weight is 455 g/mol. The largest absolute Gasteiger partial charge is 0.481 e. The number of halogens is 1. The van der Waals surface area contributed by atoms with Gasteiger partial charge in [0.05, 0.1) is 23.8 Å². The molecule has 1 fully saturated rings. The molecular formula is C21H32BClN2O6. The molecule has 2 atom stereocenters. The summed E-state index contributed by atoms with van der Waals surface area (Å²) in [6.45, 7) is 7.68. The molecule has 0 radical (unpaired) electrons. The fourth-order valence-corrected chi connectivity index (χ4v) is 3.54.